The van der Waals surface area contributed by atoms with Crippen LogP contribution in [0.1, 0.15) is 26.4 Å². The summed E-state index contributed by atoms with van der Waals surface area (Å²) in [5.74, 6) is -0.0817. The third kappa shape index (κ3) is 2.94. The van der Waals surface area contributed by atoms with E-state index in [1.807, 2.05) is 31.2 Å². The highest BCUT2D eigenvalue weighted by atomic mass is 16.5. The first-order valence-electron chi connectivity index (χ1n) is 7.19. The van der Waals surface area contributed by atoms with Gasteiger partial charge in [0.25, 0.3) is 0 Å². The van der Waals surface area contributed by atoms with Crippen molar-refractivity contribution in [3.8, 4) is 5.75 Å². The van der Waals surface area contributed by atoms with Crippen LogP contribution in [-0.2, 0) is 0 Å². The summed E-state index contributed by atoms with van der Waals surface area (Å²) in [5.41, 5.74) is 7.98. The summed E-state index contributed by atoms with van der Waals surface area (Å²) in [7, 11) is 0. The minimum absolute atomic E-state index is 0.0708. The predicted octanol–water partition coefficient (Wildman–Crippen LogP) is 2.84. The normalized spacial score (nSPS) is 10.7. The molecule has 2 aromatic carbocycles. The zero-order valence-corrected chi connectivity index (χ0v) is 12.6. The number of Topliss-reactive ketones (excluding diaryl/α,β-unsaturated/α-hetero) is 1. The Hall–Kier alpha value is -3.08. The summed E-state index contributed by atoms with van der Waals surface area (Å²) in [4.78, 5) is 26.7. The van der Waals surface area contributed by atoms with Crippen molar-refractivity contribution in [2.24, 2.45) is 5.73 Å². The molecule has 116 valence electrons. The second kappa shape index (κ2) is 5.96. The number of H-pyrrole nitrogens is 1. The number of amides is 1. The van der Waals surface area contributed by atoms with Gasteiger partial charge in [0.1, 0.15) is 5.75 Å². The first kappa shape index (κ1) is 14.8. The molecular formula is C18H16N2O3. The molecule has 1 heterocycles. The molecule has 0 aliphatic carbocycles. The number of para-hydroxylation sites is 1. The van der Waals surface area contributed by atoms with Crippen molar-refractivity contribution in [2.75, 3.05) is 6.61 Å². The summed E-state index contributed by atoms with van der Waals surface area (Å²) >= 11 is 0. The number of ether oxygens (including phenoxy) is 1. The van der Waals surface area contributed by atoms with Crippen molar-refractivity contribution in [2.45, 2.75) is 6.92 Å². The predicted molar refractivity (Wildman–Crippen MR) is 87.8 cm³/mol. The molecule has 5 heteroatoms. The van der Waals surface area contributed by atoms with E-state index in [2.05, 4.69) is 4.98 Å². The van der Waals surface area contributed by atoms with Gasteiger partial charge in [-0.15, -0.1) is 0 Å². The summed E-state index contributed by atoms with van der Waals surface area (Å²) in [6, 6.07) is 14.0. The molecule has 3 rings (SSSR count). The van der Waals surface area contributed by atoms with Gasteiger partial charge in [-0.05, 0) is 37.3 Å². The minimum atomic E-state index is -0.498. The van der Waals surface area contributed by atoms with Crippen LogP contribution >= 0.6 is 0 Å². The Morgan fingerprint density at radius 3 is 2.48 bits per heavy atom. The third-order valence-electron chi connectivity index (χ3n) is 3.68. The van der Waals surface area contributed by atoms with Gasteiger partial charge in [-0.25, -0.2) is 0 Å². The van der Waals surface area contributed by atoms with Crippen LogP contribution < -0.4 is 10.5 Å². The molecule has 0 fully saturated rings. The van der Waals surface area contributed by atoms with Gasteiger partial charge in [0, 0.05) is 27.7 Å². The first-order chi connectivity index (χ1) is 11.1. The number of aromatic nitrogens is 1. The van der Waals surface area contributed by atoms with E-state index in [0.29, 0.717) is 16.9 Å². The zero-order valence-electron chi connectivity index (χ0n) is 12.6. The molecule has 0 spiro atoms. The van der Waals surface area contributed by atoms with E-state index in [1.165, 1.54) is 0 Å². The van der Waals surface area contributed by atoms with Gasteiger partial charge >= 0.3 is 0 Å². The number of nitrogens with one attached hydrogen (secondary N) is 1. The molecule has 0 saturated carbocycles. The van der Waals surface area contributed by atoms with Crippen LogP contribution in [0.15, 0.2) is 48.5 Å². The average molecular weight is 308 g/mol. The quantitative estimate of drug-likeness (QED) is 0.711. The molecule has 0 radical (unpaired) electrons. The monoisotopic (exact) mass is 308 g/mol. The Labute approximate surface area is 133 Å². The highest BCUT2D eigenvalue weighted by Crippen LogP contribution is 2.22. The molecule has 0 atom stereocenters. The Balaban J connectivity index is 1.76. The number of primary amides is 1. The molecule has 23 heavy (non-hydrogen) atoms. The first-order valence-corrected chi connectivity index (χ1v) is 7.19. The minimum Gasteiger partial charge on any atom is -0.485 e. The molecule has 0 aliphatic rings. The molecule has 1 aromatic heterocycles. The van der Waals surface area contributed by atoms with Crippen LogP contribution in [0.2, 0.25) is 0 Å². The largest absolute Gasteiger partial charge is 0.485 e. The smallest absolute Gasteiger partial charge is 0.248 e. The molecule has 0 bridgehead atoms. The number of rotatable bonds is 5. The summed E-state index contributed by atoms with van der Waals surface area (Å²) < 4.78 is 5.51. The lowest BCUT2D eigenvalue weighted by atomic mass is 10.1. The number of aryl methyl sites for hydroxylation is 1. The second-order valence-electron chi connectivity index (χ2n) is 5.27. The fourth-order valence-electron chi connectivity index (χ4n) is 2.57. The lowest BCUT2D eigenvalue weighted by Gasteiger charge is -2.06. The van der Waals surface area contributed by atoms with Gasteiger partial charge in [0.15, 0.2) is 6.61 Å². The van der Waals surface area contributed by atoms with Crippen LogP contribution in [0.4, 0.5) is 0 Å². The molecule has 3 N–H and O–H groups in total. The number of aromatic amines is 1. The Morgan fingerprint density at radius 2 is 1.78 bits per heavy atom. The second-order valence-corrected chi connectivity index (χ2v) is 5.27. The van der Waals surface area contributed by atoms with Crippen molar-refractivity contribution in [1.29, 1.82) is 0 Å². The van der Waals surface area contributed by atoms with E-state index in [4.69, 9.17) is 10.5 Å². The third-order valence-corrected chi connectivity index (χ3v) is 3.68. The molecular weight excluding hydrogens is 292 g/mol. The van der Waals surface area contributed by atoms with Crippen LogP contribution in [0.25, 0.3) is 10.9 Å². The number of carbonyl (C=O) groups excluding carboxylic acids is 2. The Morgan fingerprint density at radius 1 is 1.09 bits per heavy atom. The average Bonchev–Trinajstić information content (AvgIpc) is 2.88. The maximum Gasteiger partial charge on any atom is 0.248 e. The fourth-order valence-corrected chi connectivity index (χ4v) is 2.57. The maximum absolute atomic E-state index is 12.5. The summed E-state index contributed by atoms with van der Waals surface area (Å²) in [6.45, 7) is 1.80. The van der Waals surface area contributed by atoms with Crippen molar-refractivity contribution in [3.63, 3.8) is 0 Å². The Bertz CT molecular complexity index is 879. The number of benzene rings is 2. The van der Waals surface area contributed by atoms with Crippen LogP contribution in [0.5, 0.6) is 5.75 Å². The van der Waals surface area contributed by atoms with Gasteiger partial charge in [-0.1, -0.05) is 18.2 Å². The van der Waals surface area contributed by atoms with E-state index >= 15 is 0 Å². The van der Waals surface area contributed by atoms with E-state index in [-0.39, 0.29) is 12.4 Å². The van der Waals surface area contributed by atoms with Crippen molar-refractivity contribution < 1.29 is 14.3 Å². The number of nitrogens with two attached hydrogens (primary N) is 1. The van der Waals surface area contributed by atoms with E-state index < -0.39 is 5.91 Å². The molecule has 0 unspecified atom stereocenters. The van der Waals surface area contributed by atoms with Crippen molar-refractivity contribution in [3.05, 3.63) is 65.4 Å². The topological polar surface area (TPSA) is 85.2 Å². The maximum atomic E-state index is 12.5. The molecule has 1 amide bonds. The van der Waals surface area contributed by atoms with E-state index in [0.717, 1.165) is 16.6 Å². The lowest BCUT2D eigenvalue weighted by Crippen LogP contribution is -2.13. The number of ketones is 1. The summed E-state index contributed by atoms with van der Waals surface area (Å²) in [5, 5.41) is 0.891. The van der Waals surface area contributed by atoms with Gasteiger partial charge in [-0.2, -0.15) is 0 Å². The van der Waals surface area contributed by atoms with Crippen LogP contribution in [0.3, 0.4) is 0 Å². The van der Waals surface area contributed by atoms with Crippen molar-refractivity contribution in [1.82, 2.24) is 4.98 Å². The Kier molecular flexibility index (Phi) is 3.85. The van der Waals surface area contributed by atoms with E-state index in [1.54, 1.807) is 24.3 Å². The van der Waals surface area contributed by atoms with E-state index in [9.17, 15) is 9.59 Å². The lowest BCUT2D eigenvalue weighted by molar-refractivity contribution is 0.0921. The van der Waals surface area contributed by atoms with Gasteiger partial charge in [0.05, 0.1) is 0 Å². The molecule has 0 aliphatic heterocycles. The SMILES string of the molecule is Cc1[nH]c2ccccc2c1C(=O)COc1ccc(C(N)=O)cc1. The van der Waals surface area contributed by atoms with Crippen LogP contribution in [0, 0.1) is 6.92 Å². The van der Waals surface area contributed by atoms with Gasteiger partial charge < -0.3 is 15.5 Å². The number of fused-ring (bicyclic) bond motifs is 1. The fraction of sp³-hybridized carbons (Fsp3) is 0.111. The van der Waals surface area contributed by atoms with Gasteiger partial charge in [0.2, 0.25) is 11.7 Å². The number of carbonyl (C=O) groups is 2. The number of hydrogen-bond acceptors (Lipinski definition) is 3. The summed E-state index contributed by atoms with van der Waals surface area (Å²) in [6.07, 6.45) is 0. The zero-order chi connectivity index (χ0) is 16.4. The molecule has 3 aromatic rings. The highest BCUT2D eigenvalue weighted by Gasteiger charge is 2.16. The standard InChI is InChI=1S/C18H16N2O3/c1-11-17(14-4-2-3-5-15(14)20-11)16(21)10-23-13-8-6-12(7-9-13)18(19)22/h2-9,20H,10H2,1H3,(H2,19,22). The van der Waals surface area contributed by atoms with Crippen molar-refractivity contribution >= 4 is 22.6 Å². The molecule has 5 nitrogen and oxygen atoms in total. The van der Waals surface area contributed by atoms with Crippen LogP contribution in [-0.4, -0.2) is 23.3 Å². The molecule has 0 saturated heterocycles. The highest BCUT2D eigenvalue weighted by molar-refractivity contribution is 6.09. The van der Waals surface area contributed by atoms with Gasteiger partial charge in [-0.3, -0.25) is 9.59 Å². The number of hydrogen-bond donors (Lipinski definition) is 2.